The summed E-state index contributed by atoms with van der Waals surface area (Å²) in [6.45, 7) is 32.3. The Kier molecular flexibility index (Phi) is 7.80. The van der Waals surface area contributed by atoms with Crippen LogP contribution in [0.2, 0.25) is 36.3 Å². The molecule has 24 heavy (non-hydrogen) atoms. The molecule has 0 saturated carbocycles. The van der Waals surface area contributed by atoms with Crippen molar-refractivity contribution < 1.29 is 8.85 Å². The molecule has 4 heteroatoms. The standard InChI is InChI=1S/C20H44O2Si2/c1-14-20(9,22-24(12,13)19(6,7)8)17(2)15-16-21-23(10,11)18(3,4)5/h14,17H,1,15-16H2,2-13H3/t17-,20+/m1/s1. The summed E-state index contributed by atoms with van der Waals surface area (Å²) in [5.74, 6) is 0.383. The van der Waals surface area contributed by atoms with Crippen molar-refractivity contribution in [3.63, 3.8) is 0 Å². The predicted octanol–water partition coefficient (Wildman–Crippen LogP) is 7.00. The minimum Gasteiger partial charge on any atom is -0.417 e. The molecule has 0 radical (unpaired) electrons. The normalized spacial score (nSPS) is 18.2. The molecular formula is C20H44O2Si2. The monoisotopic (exact) mass is 372 g/mol. The molecule has 2 atom stereocenters. The second-order valence-electron chi connectivity index (χ2n) is 10.5. The van der Waals surface area contributed by atoms with Crippen LogP contribution in [0, 0.1) is 5.92 Å². The van der Waals surface area contributed by atoms with Gasteiger partial charge in [0, 0.05) is 6.61 Å². The molecule has 0 amide bonds. The van der Waals surface area contributed by atoms with Crippen LogP contribution in [0.3, 0.4) is 0 Å². The Morgan fingerprint density at radius 1 is 0.875 bits per heavy atom. The highest BCUT2D eigenvalue weighted by atomic mass is 28.4. The van der Waals surface area contributed by atoms with Gasteiger partial charge >= 0.3 is 0 Å². The Labute approximate surface area is 154 Å². The van der Waals surface area contributed by atoms with Gasteiger partial charge in [-0.05, 0) is 55.5 Å². The SMILES string of the molecule is C=C[C@](C)(O[Si](C)(C)C(C)(C)C)[C@H](C)CCO[Si](C)(C)C(C)(C)C. The minimum atomic E-state index is -1.83. The summed E-state index contributed by atoms with van der Waals surface area (Å²) in [7, 11) is -3.51. The Balaban J connectivity index is 4.93. The zero-order valence-electron chi connectivity index (χ0n) is 18.6. The van der Waals surface area contributed by atoms with Crippen LogP contribution in [0.15, 0.2) is 12.7 Å². The molecule has 144 valence electrons. The highest BCUT2D eigenvalue weighted by Gasteiger charge is 2.44. The Bertz CT molecular complexity index is 416. The first-order chi connectivity index (χ1) is 10.4. The third kappa shape index (κ3) is 6.12. The molecule has 0 saturated heterocycles. The summed E-state index contributed by atoms with van der Waals surface area (Å²) in [6.07, 6.45) is 3.01. The van der Waals surface area contributed by atoms with E-state index in [1.807, 2.05) is 6.08 Å². The van der Waals surface area contributed by atoms with E-state index in [1.165, 1.54) is 0 Å². The molecular weight excluding hydrogens is 328 g/mol. The van der Waals surface area contributed by atoms with Crippen LogP contribution in [0.1, 0.15) is 61.8 Å². The van der Waals surface area contributed by atoms with Crippen molar-refractivity contribution in [3.8, 4) is 0 Å². The average molecular weight is 373 g/mol. The maximum absolute atomic E-state index is 6.73. The van der Waals surface area contributed by atoms with E-state index < -0.39 is 16.6 Å². The first-order valence-electron chi connectivity index (χ1n) is 9.37. The van der Waals surface area contributed by atoms with E-state index in [0.29, 0.717) is 5.92 Å². The van der Waals surface area contributed by atoms with Crippen molar-refractivity contribution in [3.05, 3.63) is 12.7 Å². The molecule has 0 fully saturated rings. The Morgan fingerprint density at radius 2 is 1.29 bits per heavy atom. The van der Waals surface area contributed by atoms with E-state index in [9.17, 15) is 0 Å². The molecule has 0 aliphatic heterocycles. The lowest BCUT2D eigenvalue weighted by Gasteiger charge is -2.46. The zero-order valence-corrected chi connectivity index (χ0v) is 20.6. The molecule has 2 nitrogen and oxygen atoms in total. The van der Waals surface area contributed by atoms with Crippen LogP contribution in [-0.4, -0.2) is 28.8 Å². The van der Waals surface area contributed by atoms with Crippen molar-refractivity contribution >= 4 is 16.6 Å². The molecule has 0 N–H and O–H groups in total. The van der Waals surface area contributed by atoms with Gasteiger partial charge in [0.2, 0.25) is 0 Å². The molecule has 0 aromatic carbocycles. The minimum absolute atomic E-state index is 0.203. The maximum Gasteiger partial charge on any atom is 0.193 e. The molecule has 0 unspecified atom stereocenters. The van der Waals surface area contributed by atoms with Crippen LogP contribution in [0.25, 0.3) is 0 Å². The van der Waals surface area contributed by atoms with Crippen LogP contribution < -0.4 is 0 Å². The van der Waals surface area contributed by atoms with E-state index in [-0.39, 0.29) is 15.7 Å². The highest BCUT2D eigenvalue weighted by Crippen LogP contribution is 2.42. The van der Waals surface area contributed by atoms with Gasteiger partial charge in [-0.3, -0.25) is 0 Å². The second-order valence-corrected chi connectivity index (χ2v) is 20.1. The smallest absolute Gasteiger partial charge is 0.193 e. The number of hydrogen-bond acceptors (Lipinski definition) is 2. The summed E-state index contributed by atoms with van der Waals surface area (Å²) in [4.78, 5) is 0. The van der Waals surface area contributed by atoms with Crippen molar-refractivity contribution in [1.29, 1.82) is 0 Å². The van der Waals surface area contributed by atoms with E-state index in [4.69, 9.17) is 8.85 Å². The number of hydrogen-bond donors (Lipinski definition) is 0. The third-order valence-corrected chi connectivity index (χ3v) is 15.6. The van der Waals surface area contributed by atoms with Crippen molar-refractivity contribution in [2.75, 3.05) is 6.61 Å². The fourth-order valence-corrected chi connectivity index (χ4v) is 4.79. The summed E-state index contributed by atoms with van der Waals surface area (Å²) < 4.78 is 13.1. The van der Waals surface area contributed by atoms with Gasteiger partial charge in [-0.2, -0.15) is 0 Å². The lowest BCUT2D eigenvalue weighted by atomic mass is 9.89. The van der Waals surface area contributed by atoms with Crippen LogP contribution in [-0.2, 0) is 8.85 Å². The van der Waals surface area contributed by atoms with Gasteiger partial charge in [0.25, 0.3) is 0 Å². The molecule has 0 aliphatic rings. The summed E-state index contributed by atoms with van der Waals surface area (Å²) >= 11 is 0. The molecule has 0 spiro atoms. The fraction of sp³-hybridized carbons (Fsp3) is 0.900. The quantitative estimate of drug-likeness (QED) is 0.337. The first-order valence-corrected chi connectivity index (χ1v) is 15.2. The largest absolute Gasteiger partial charge is 0.417 e. The van der Waals surface area contributed by atoms with Gasteiger partial charge in [-0.1, -0.05) is 54.5 Å². The van der Waals surface area contributed by atoms with E-state index in [1.54, 1.807) is 0 Å². The van der Waals surface area contributed by atoms with Crippen LogP contribution in [0.5, 0.6) is 0 Å². The summed E-state index contributed by atoms with van der Waals surface area (Å²) in [5, 5.41) is 0.463. The first kappa shape index (κ1) is 24.1. The Hall–Kier alpha value is 0.0938. The molecule has 0 aromatic heterocycles. The van der Waals surface area contributed by atoms with Gasteiger partial charge in [-0.15, -0.1) is 6.58 Å². The third-order valence-electron chi connectivity index (χ3n) is 6.49. The molecule has 0 aromatic rings. The number of rotatable bonds is 8. The van der Waals surface area contributed by atoms with Gasteiger partial charge in [-0.25, -0.2) is 0 Å². The predicted molar refractivity (Wildman–Crippen MR) is 114 cm³/mol. The summed E-state index contributed by atoms with van der Waals surface area (Å²) in [5.41, 5.74) is -0.292. The second kappa shape index (κ2) is 7.77. The molecule has 0 bridgehead atoms. The topological polar surface area (TPSA) is 18.5 Å². The lowest BCUT2D eigenvalue weighted by molar-refractivity contribution is 0.0539. The van der Waals surface area contributed by atoms with Crippen LogP contribution >= 0.6 is 0 Å². The van der Waals surface area contributed by atoms with Crippen molar-refractivity contribution in [2.24, 2.45) is 5.92 Å². The molecule has 0 heterocycles. The Morgan fingerprint density at radius 3 is 1.62 bits per heavy atom. The highest BCUT2D eigenvalue weighted by molar-refractivity contribution is 6.74. The van der Waals surface area contributed by atoms with Crippen LogP contribution in [0.4, 0.5) is 0 Å². The average Bonchev–Trinajstić information content (AvgIpc) is 2.34. The molecule has 0 rings (SSSR count). The van der Waals surface area contributed by atoms with Gasteiger partial charge in [0.05, 0.1) is 5.60 Å². The van der Waals surface area contributed by atoms with E-state index >= 15 is 0 Å². The lowest BCUT2D eigenvalue weighted by Crippen LogP contribution is -2.50. The molecule has 0 aliphatic carbocycles. The van der Waals surface area contributed by atoms with Gasteiger partial charge in [0.1, 0.15) is 0 Å². The van der Waals surface area contributed by atoms with Gasteiger partial charge < -0.3 is 8.85 Å². The zero-order chi connectivity index (χ0) is 19.6. The van der Waals surface area contributed by atoms with E-state index in [2.05, 4.69) is 88.2 Å². The summed E-state index contributed by atoms with van der Waals surface area (Å²) in [6, 6.07) is 0. The van der Waals surface area contributed by atoms with E-state index in [0.717, 1.165) is 13.0 Å². The fourth-order valence-electron chi connectivity index (χ4n) is 2.04. The van der Waals surface area contributed by atoms with Crippen molar-refractivity contribution in [2.45, 2.75) is 104 Å². The van der Waals surface area contributed by atoms with Crippen molar-refractivity contribution in [1.82, 2.24) is 0 Å². The maximum atomic E-state index is 6.73. The van der Waals surface area contributed by atoms with Gasteiger partial charge in [0.15, 0.2) is 16.6 Å².